The quantitative estimate of drug-likeness (QED) is 0.763. The fourth-order valence-electron chi connectivity index (χ4n) is 1.60. The number of aromatic nitrogens is 1. The predicted octanol–water partition coefficient (Wildman–Crippen LogP) is 4.22. The largest absolute Gasteiger partial charge is 0.496 e. The molecule has 100 valence electrons. The molecule has 0 unspecified atom stereocenters. The summed E-state index contributed by atoms with van der Waals surface area (Å²) in [6.07, 6.45) is 1.70. The summed E-state index contributed by atoms with van der Waals surface area (Å²) in [5.41, 5.74) is 1.87. The van der Waals surface area contributed by atoms with Crippen molar-refractivity contribution in [2.45, 2.75) is 11.9 Å². The molecule has 0 fully saturated rings. The fourth-order valence-corrected chi connectivity index (χ4v) is 2.12. The Morgan fingerprint density at radius 2 is 2.11 bits per heavy atom. The van der Waals surface area contributed by atoms with E-state index in [4.69, 9.17) is 21.1 Å². The highest BCUT2D eigenvalue weighted by Gasteiger charge is 2.05. The number of alkyl halides is 1. The van der Waals surface area contributed by atoms with Crippen LogP contribution < -0.4 is 9.47 Å². The zero-order valence-corrected chi connectivity index (χ0v) is 12.7. The Bertz CT molecular complexity index is 546. The van der Waals surface area contributed by atoms with Crippen molar-refractivity contribution >= 4 is 27.5 Å². The van der Waals surface area contributed by atoms with Gasteiger partial charge in [0, 0.05) is 15.9 Å². The lowest BCUT2D eigenvalue weighted by atomic mass is 10.2. The fraction of sp³-hybridized carbons (Fsp3) is 0.214. The van der Waals surface area contributed by atoms with Crippen LogP contribution in [0.5, 0.6) is 11.5 Å². The second-order valence-electron chi connectivity index (χ2n) is 3.86. The summed E-state index contributed by atoms with van der Waals surface area (Å²) in [4.78, 5) is 4.24. The lowest BCUT2D eigenvalue weighted by molar-refractivity contribution is 0.295. The molecule has 0 aliphatic heterocycles. The van der Waals surface area contributed by atoms with Crippen LogP contribution in [0.15, 0.2) is 36.5 Å². The molecule has 0 saturated carbocycles. The first kappa shape index (κ1) is 14.2. The van der Waals surface area contributed by atoms with Crippen LogP contribution in [0, 0.1) is 0 Å². The number of hydrogen-bond donors (Lipinski definition) is 0. The van der Waals surface area contributed by atoms with Crippen LogP contribution in [-0.4, -0.2) is 12.1 Å². The summed E-state index contributed by atoms with van der Waals surface area (Å²) in [6.45, 7) is 0.388. The summed E-state index contributed by atoms with van der Waals surface area (Å²) in [6, 6.07) is 9.25. The molecule has 0 aliphatic rings. The average Bonchev–Trinajstić information content (AvgIpc) is 2.46. The Morgan fingerprint density at radius 3 is 2.74 bits per heavy atom. The summed E-state index contributed by atoms with van der Waals surface area (Å²) in [5.74, 6) is 1.47. The van der Waals surface area contributed by atoms with Crippen molar-refractivity contribution in [3.8, 4) is 11.5 Å². The van der Waals surface area contributed by atoms with Gasteiger partial charge < -0.3 is 9.47 Å². The molecule has 0 amide bonds. The van der Waals surface area contributed by atoms with Crippen molar-refractivity contribution in [3.05, 3.63) is 52.8 Å². The molecule has 0 N–H and O–H groups in total. The Kier molecular flexibility index (Phi) is 5.05. The van der Waals surface area contributed by atoms with Crippen LogP contribution in [-0.2, 0) is 11.9 Å². The number of ether oxygens (including phenoxy) is 2. The van der Waals surface area contributed by atoms with E-state index in [2.05, 4.69) is 20.9 Å². The van der Waals surface area contributed by atoms with Gasteiger partial charge in [-0.1, -0.05) is 27.5 Å². The summed E-state index contributed by atoms with van der Waals surface area (Å²) >= 11 is 9.32. The van der Waals surface area contributed by atoms with Gasteiger partial charge in [0.25, 0.3) is 0 Å². The predicted molar refractivity (Wildman–Crippen MR) is 79.2 cm³/mol. The van der Waals surface area contributed by atoms with Gasteiger partial charge in [0.1, 0.15) is 18.1 Å². The topological polar surface area (TPSA) is 31.4 Å². The van der Waals surface area contributed by atoms with E-state index < -0.39 is 0 Å². The number of rotatable bonds is 5. The molecule has 19 heavy (non-hydrogen) atoms. The van der Waals surface area contributed by atoms with Crippen molar-refractivity contribution in [3.63, 3.8) is 0 Å². The summed E-state index contributed by atoms with van der Waals surface area (Å²) in [5, 5.41) is 1.39. The van der Waals surface area contributed by atoms with Crippen LogP contribution in [0.3, 0.4) is 0 Å². The van der Waals surface area contributed by atoms with Gasteiger partial charge in [-0.2, -0.15) is 0 Å². The molecule has 0 spiro atoms. The minimum Gasteiger partial charge on any atom is -0.496 e. The van der Waals surface area contributed by atoms with Gasteiger partial charge in [0.2, 0.25) is 0 Å². The maximum Gasteiger partial charge on any atom is 0.138 e. The zero-order valence-electron chi connectivity index (χ0n) is 10.4. The molecule has 1 aromatic heterocycles. The molecule has 0 radical (unpaired) electrons. The first-order valence-corrected chi connectivity index (χ1v) is 7.19. The average molecular weight is 343 g/mol. The second kappa shape index (κ2) is 6.78. The van der Waals surface area contributed by atoms with Gasteiger partial charge in [0.15, 0.2) is 0 Å². The molecule has 2 rings (SSSR count). The molecule has 3 nitrogen and oxygen atoms in total. The molecule has 5 heteroatoms. The van der Waals surface area contributed by atoms with Gasteiger partial charge in [-0.05, 0) is 30.3 Å². The van der Waals surface area contributed by atoms with Crippen molar-refractivity contribution in [2.75, 3.05) is 7.11 Å². The monoisotopic (exact) mass is 341 g/mol. The third kappa shape index (κ3) is 3.85. The number of methoxy groups -OCH3 is 1. The van der Waals surface area contributed by atoms with E-state index in [1.807, 2.05) is 24.3 Å². The smallest absolute Gasteiger partial charge is 0.138 e. The van der Waals surface area contributed by atoms with Gasteiger partial charge in [-0.25, -0.2) is 0 Å². The summed E-state index contributed by atoms with van der Waals surface area (Å²) < 4.78 is 10.9. The van der Waals surface area contributed by atoms with Gasteiger partial charge in [-0.15, -0.1) is 0 Å². The second-order valence-corrected chi connectivity index (χ2v) is 4.86. The molecule has 0 atom stereocenters. The SMILES string of the molecule is COc1ccc(Cl)cc1COc1ccc(CBr)nc1. The van der Waals surface area contributed by atoms with Crippen molar-refractivity contribution in [1.82, 2.24) is 4.98 Å². The third-order valence-corrected chi connectivity index (χ3v) is 3.38. The molecular formula is C14H13BrClNO2. The Balaban J connectivity index is 2.07. The van der Waals surface area contributed by atoms with Crippen LogP contribution in [0.25, 0.3) is 0 Å². The van der Waals surface area contributed by atoms with E-state index in [0.29, 0.717) is 17.4 Å². The first-order chi connectivity index (χ1) is 9.22. The number of pyridine rings is 1. The van der Waals surface area contributed by atoms with E-state index in [0.717, 1.165) is 22.3 Å². The normalized spacial score (nSPS) is 10.3. The minimum atomic E-state index is 0.388. The van der Waals surface area contributed by atoms with Crippen molar-refractivity contribution in [1.29, 1.82) is 0 Å². The highest BCUT2D eigenvalue weighted by molar-refractivity contribution is 9.08. The van der Waals surface area contributed by atoms with Crippen LogP contribution in [0.2, 0.25) is 5.02 Å². The Morgan fingerprint density at radius 1 is 1.26 bits per heavy atom. The van der Waals surface area contributed by atoms with Crippen molar-refractivity contribution < 1.29 is 9.47 Å². The third-order valence-electron chi connectivity index (χ3n) is 2.57. The maximum atomic E-state index is 5.97. The van der Waals surface area contributed by atoms with E-state index >= 15 is 0 Å². The molecular weight excluding hydrogens is 330 g/mol. The van der Waals surface area contributed by atoms with Crippen LogP contribution in [0.1, 0.15) is 11.3 Å². The standard InChI is InChI=1S/C14H13BrClNO2/c1-18-14-5-2-11(16)6-10(14)9-19-13-4-3-12(7-15)17-8-13/h2-6,8H,7,9H2,1H3. The summed E-state index contributed by atoms with van der Waals surface area (Å²) in [7, 11) is 1.62. The number of hydrogen-bond acceptors (Lipinski definition) is 3. The minimum absolute atomic E-state index is 0.388. The van der Waals surface area contributed by atoms with Gasteiger partial charge in [0.05, 0.1) is 19.0 Å². The number of nitrogens with zero attached hydrogens (tertiary/aromatic N) is 1. The van der Waals surface area contributed by atoms with Gasteiger partial charge in [-0.3, -0.25) is 4.98 Å². The van der Waals surface area contributed by atoms with Gasteiger partial charge >= 0.3 is 0 Å². The zero-order chi connectivity index (χ0) is 13.7. The van der Waals surface area contributed by atoms with Crippen LogP contribution >= 0.6 is 27.5 Å². The lowest BCUT2D eigenvalue weighted by Gasteiger charge is -2.10. The van der Waals surface area contributed by atoms with Crippen molar-refractivity contribution in [2.24, 2.45) is 0 Å². The van der Waals surface area contributed by atoms with E-state index in [1.165, 1.54) is 0 Å². The van der Waals surface area contributed by atoms with E-state index in [1.54, 1.807) is 19.4 Å². The highest BCUT2D eigenvalue weighted by atomic mass is 79.9. The number of benzene rings is 1. The maximum absolute atomic E-state index is 5.97. The number of halogens is 2. The molecule has 1 heterocycles. The van der Waals surface area contributed by atoms with E-state index in [-0.39, 0.29) is 0 Å². The molecule has 0 aliphatic carbocycles. The van der Waals surface area contributed by atoms with E-state index in [9.17, 15) is 0 Å². The lowest BCUT2D eigenvalue weighted by Crippen LogP contribution is -1.99. The Labute approximate surface area is 125 Å². The molecule has 0 bridgehead atoms. The molecule has 1 aromatic carbocycles. The first-order valence-electron chi connectivity index (χ1n) is 5.69. The highest BCUT2D eigenvalue weighted by Crippen LogP contribution is 2.24. The molecule has 2 aromatic rings. The molecule has 0 saturated heterocycles. The van der Waals surface area contributed by atoms with Crippen LogP contribution in [0.4, 0.5) is 0 Å². The Hall–Kier alpha value is -1.26.